The maximum absolute atomic E-state index is 11.4. The summed E-state index contributed by atoms with van der Waals surface area (Å²) in [4.78, 5) is 22.4. The monoisotopic (exact) mass is 290 g/mol. The largest absolute Gasteiger partial charge is 0.466 e. The number of hydrogen-bond acceptors (Lipinski definition) is 6. The number of carbonyl (C=O) groups excluding carboxylic acids is 2. The van der Waals surface area contributed by atoms with E-state index in [-0.39, 0.29) is 25.2 Å². The fourth-order valence-corrected chi connectivity index (χ4v) is 1.66. The van der Waals surface area contributed by atoms with Crippen molar-refractivity contribution in [3.63, 3.8) is 0 Å². The molecule has 0 heterocycles. The highest BCUT2D eigenvalue weighted by Crippen LogP contribution is 2.15. The highest BCUT2D eigenvalue weighted by molar-refractivity contribution is 5.70. The summed E-state index contributed by atoms with van der Waals surface area (Å²) in [6, 6.07) is 0. The molecule has 0 aliphatic carbocycles. The molecule has 0 radical (unpaired) electrons. The van der Waals surface area contributed by atoms with Gasteiger partial charge in [0.25, 0.3) is 0 Å². The molecule has 0 fully saturated rings. The van der Waals surface area contributed by atoms with Crippen LogP contribution >= 0.6 is 0 Å². The van der Waals surface area contributed by atoms with Crippen LogP contribution in [0.4, 0.5) is 0 Å². The zero-order chi connectivity index (χ0) is 15.4. The summed E-state index contributed by atoms with van der Waals surface area (Å²) in [6.45, 7) is 4.07. The lowest BCUT2D eigenvalue weighted by molar-refractivity contribution is -0.322. The molecular formula is C14H26O6. The van der Waals surface area contributed by atoms with Crippen molar-refractivity contribution in [1.82, 2.24) is 0 Å². The van der Waals surface area contributed by atoms with Crippen LogP contribution in [-0.2, 0) is 19.1 Å². The first-order chi connectivity index (χ1) is 9.41. The minimum atomic E-state index is -2.38. The number of aliphatic hydroxyl groups is 2. The second-order valence-corrected chi connectivity index (χ2v) is 4.69. The Kier molecular flexibility index (Phi) is 10.0. The quantitative estimate of drug-likeness (QED) is 0.343. The molecule has 0 spiro atoms. The number of rotatable bonds is 11. The topological polar surface area (TPSA) is 93.1 Å². The van der Waals surface area contributed by atoms with Crippen LogP contribution in [0.3, 0.4) is 0 Å². The van der Waals surface area contributed by atoms with Crippen LogP contribution in [0.1, 0.15) is 65.2 Å². The van der Waals surface area contributed by atoms with Gasteiger partial charge in [0, 0.05) is 19.3 Å². The molecule has 6 nitrogen and oxygen atoms in total. The maximum Gasteiger partial charge on any atom is 0.324 e. The van der Waals surface area contributed by atoms with Crippen LogP contribution in [-0.4, -0.2) is 34.7 Å². The Bertz CT molecular complexity index is 287. The third-order valence-electron chi connectivity index (χ3n) is 2.70. The predicted octanol–water partition coefficient (Wildman–Crippen LogP) is 1.87. The second kappa shape index (κ2) is 10.6. The molecule has 0 aliphatic rings. The van der Waals surface area contributed by atoms with Gasteiger partial charge in [-0.05, 0) is 26.2 Å². The zero-order valence-corrected chi connectivity index (χ0v) is 12.4. The molecule has 20 heavy (non-hydrogen) atoms. The van der Waals surface area contributed by atoms with E-state index in [2.05, 4.69) is 4.74 Å². The average Bonchev–Trinajstić information content (AvgIpc) is 2.34. The second-order valence-electron chi connectivity index (χ2n) is 4.69. The lowest BCUT2D eigenvalue weighted by atomic mass is 10.2. The van der Waals surface area contributed by atoms with Gasteiger partial charge >= 0.3 is 17.9 Å². The van der Waals surface area contributed by atoms with Gasteiger partial charge in [0.1, 0.15) is 0 Å². The molecule has 0 unspecified atom stereocenters. The Balaban J connectivity index is 3.73. The van der Waals surface area contributed by atoms with Gasteiger partial charge < -0.3 is 19.7 Å². The molecule has 0 saturated carbocycles. The minimum absolute atomic E-state index is 0.00933. The van der Waals surface area contributed by atoms with E-state index < -0.39 is 11.9 Å². The Morgan fingerprint density at radius 2 is 1.55 bits per heavy atom. The van der Waals surface area contributed by atoms with Crippen molar-refractivity contribution in [2.24, 2.45) is 0 Å². The summed E-state index contributed by atoms with van der Waals surface area (Å²) in [5.41, 5.74) is 0. The molecular weight excluding hydrogens is 264 g/mol. The van der Waals surface area contributed by atoms with Crippen molar-refractivity contribution in [2.75, 3.05) is 6.61 Å². The molecule has 0 atom stereocenters. The predicted molar refractivity (Wildman–Crippen MR) is 72.5 cm³/mol. The molecule has 0 aliphatic heterocycles. The van der Waals surface area contributed by atoms with E-state index in [1.54, 1.807) is 6.92 Å². The van der Waals surface area contributed by atoms with E-state index in [1.807, 2.05) is 6.92 Å². The van der Waals surface area contributed by atoms with Crippen molar-refractivity contribution < 1.29 is 29.3 Å². The molecule has 0 saturated heterocycles. The van der Waals surface area contributed by atoms with E-state index in [4.69, 9.17) is 4.74 Å². The summed E-state index contributed by atoms with van der Waals surface area (Å²) in [7, 11) is 0. The molecule has 0 aromatic carbocycles. The molecule has 0 bridgehead atoms. The number of hydrogen-bond donors (Lipinski definition) is 2. The Morgan fingerprint density at radius 1 is 0.950 bits per heavy atom. The first-order valence-corrected chi connectivity index (χ1v) is 7.23. The average molecular weight is 290 g/mol. The van der Waals surface area contributed by atoms with Crippen LogP contribution in [0.2, 0.25) is 0 Å². The fourth-order valence-electron chi connectivity index (χ4n) is 1.66. The molecule has 0 aromatic heterocycles. The third kappa shape index (κ3) is 10.8. The van der Waals surface area contributed by atoms with Gasteiger partial charge in [0.05, 0.1) is 6.61 Å². The van der Waals surface area contributed by atoms with Crippen molar-refractivity contribution in [1.29, 1.82) is 0 Å². The molecule has 2 N–H and O–H groups in total. The fraction of sp³-hybridized carbons (Fsp3) is 0.857. The zero-order valence-electron chi connectivity index (χ0n) is 12.4. The molecule has 6 heteroatoms. The number of carbonyl (C=O) groups is 2. The first-order valence-electron chi connectivity index (χ1n) is 7.23. The highest BCUT2D eigenvalue weighted by Gasteiger charge is 2.27. The van der Waals surface area contributed by atoms with E-state index >= 15 is 0 Å². The summed E-state index contributed by atoms with van der Waals surface area (Å²) in [5, 5.41) is 18.9. The van der Waals surface area contributed by atoms with Gasteiger partial charge in [0.2, 0.25) is 0 Å². The van der Waals surface area contributed by atoms with Crippen LogP contribution in [0, 0.1) is 0 Å². The Morgan fingerprint density at radius 3 is 2.10 bits per heavy atom. The van der Waals surface area contributed by atoms with Gasteiger partial charge in [-0.1, -0.05) is 19.8 Å². The van der Waals surface area contributed by atoms with Crippen molar-refractivity contribution in [3.05, 3.63) is 0 Å². The molecule has 0 amide bonds. The van der Waals surface area contributed by atoms with Gasteiger partial charge in [-0.3, -0.25) is 9.59 Å². The van der Waals surface area contributed by atoms with Crippen molar-refractivity contribution >= 4 is 11.9 Å². The normalized spacial score (nSPS) is 11.2. The summed E-state index contributed by atoms with van der Waals surface area (Å²) in [6.07, 6.45) is 3.64. The SMILES string of the molecule is CCCCCC(O)(O)OC(=O)CCCCC(=O)OCC. The third-order valence-corrected chi connectivity index (χ3v) is 2.70. The van der Waals surface area contributed by atoms with Gasteiger partial charge in [-0.25, -0.2) is 0 Å². The number of unbranched alkanes of at least 4 members (excludes halogenated alkanes) is 3. The summed E-state index contributed by atoms with van der Waals surface area (Å²) >= 11 is 0. The van der Waals surface area contributed by atoms with E-state index in [0.29, 0.717) is 25.9 Å². The number of ether oxygens (including phenoxy) is 2. The lowest BCUT2D eigenvalue weighted by Crippen LogP contribution is -2.34. The van der Waals surface area contributed by atoms with Gasteiger partial charge in [-0.2, -0.15) is 0 Å². The van der Waals surface area contributed by atoms with Crippen LogP contribution in [0.25, 0.3) is 0 Å². The van der Waals surface area contributed by atoms with Crippen LogP contribution in [0.15, 0.2) is 0 Å². The molecule has 0 aromatic rings. The number of esters is 2. The van der Waals surface area contributed by atoms with E-state index in [0.717, 1.165) is 12.8 Å². The smallest absolute Gasteiger partial charge is 0.324 e. The van der Waals surface area contributed by atoms with E-state index in [1.165, 1.54) is 0 Å². The Hall–Kier alpha value is -1.14. The van der Waals surface area contributed by atoms with Crippen molar-refractivity contribution in [2.45, 2.75) is 71.2 Å². The van der Waals surface area contributed by atoms with Crippen LogP contribution < -0.4 is 0 Å². The minimum Gasteiger partial charge on any atom is -0.466 e. The lowest BCUT2D eigenvalue weighted by Gasteiger charge is -2.21. The summed E-state index contributed by atoms with van der Waals surface area (Å²) in [5.74, 6) is -3.35. The van der Waals surface area contributed by atoms with E-state index in [9.17, 15) is 19.8 Å². The molecule has 0 rings (SSSR count). The van der Waals surface area contributed by atoms with Crippen LogP contribution in [0.5, 0.6) is 0 Å². The van der Waals surface area contributed by atoms with Gasteiger partial charge in [0.15, 0.2) is 0 Å². The maximum atomic E-state index is 11.4. The van der Waals surface area contributed by atoms with Gasteiger partial charge in [-0.15, -0.1) is 0 Å². The Labute approximate surface area is 120 Å². The highest BCUT2D eigenvalue weighted by atomic mass is 16.8. The standard InChI is InChI=1S/C14H26O6/c1-3-5-8-11-14(17,18)20-13(16)10-7-6-9-12(15)19-4-2/h17-18H,3-11H2,1-2H3. The first kappa shape index (κ1) is 18.9. The molecule has 118 valence electrons. The summed E-state index contributed by atoms with van der Waals surface area (Å²) < 4.78 is 9.34. The van der Waals surface area contributed by atoms with Crippen molar-refractivity contribution in [3.8, 4) is 0 Å².